The second-order valence-electron chi connectivity index (χ2n) is 3.07. The van der Waals surface area contributed by atoms with Gasteiger partial charge < -0.3 is 10.8 Å². The average Bonchev–Trinajstić information content (AvgIpc) is 2.07. The molecule has 3 N–H and O–H groups in total. The summed E-state index contributed by atoms with van der Waals surface area (Å²) in [4.78, 5) is 0. The highest BCUT2D eigenvalue weighted by atomic mass is 19.4. The van der Waals surface area contributed by atoms with Crippen LogP contribution >= 0.6 is 0 Å². The molecule has 0 aliphatic heterocycles. The first kappa shape index (κ1) is 10.8. The maximum absolute atomic E-state index is 12.2. The summed E-state index contributed by atoms with van der Waals surface area (Å²) in [6, 6.07) is 1.64. The van der Waals surface area contributed by atoms with Crippen molar-refractivity contribution in [2.75, 3.05) is 0 Å². The van der Waals surface area contributed by atoms with E-state index in [4.69, 9.17) is 5.73 Å². The molecule has 1 atom stereocenters. The topological polar surface area (TPSA) is 46.2 Å². The second-order valence-corrected chi connectivity index (χ2v) is 3.07. The Morgan fingerprint density at radius 1 is 1.36 bits per heavy atom. The molecule has 0 amide bonds. The number of aryl methyl sites for hydroxylation is 1. The van der Waals surface area contributed by atoms with Gasteiger partial charge in [0.1, 0.15) is 11.8 Å². The average molecular weight is 205 g/mol. The first-order chi connectivity index (χ1) is 6.32. The van der Waals surface area contributed by atoms with Gasteiger partial charge in [-0.05, 0) is 24.1 Å². The summed E-state index contributed by atoms with van der Waals surface area (Å²) in [5.74, 6) is -0.179. The van der Waals surface area contributed by atoms with Crippen LogP contribution in [0.15, 0.2) is 18.2 Å². The fourth-order valence-corrected chi connectivity index (χ4v) is 1.01. The molecule has 2 nitrogen and oxygen atoms in total. The van der Waals surface area contributed by atoms with E-state index in [-0.39, 0.29) is 11.3 Å². The van der Waals surface area contributed by atoms with E-state index < -0.39 is 12.2 Å². The van der Waals surface area contributed by atoms with Crippen LogP contribution in [0, 0.1) is 6.92 Å². The van der Waals surface area contributed by atoms with Crippen LogP contribution in [-0.4, -0.2) is 11.3 Å². The van der Waals surface area contributed by atoms with Crippen molar-refractivity contribution in [2.24, 2.45) is 5.73 Å². The van der Waals surface area contributed by atoms with Crippen molar-refractivity contribution in [3.63, 3.8) is 0 Å². The van der Waals surface area contributed by atoms with Crippen LogP contribution in [0.3, 0.4) is 0 Å². The molecule has 0 saturated carbocycles. The summed E-state index contributed by atoms with van der Waals surface area (Å²) in [5.41, 5.74) is 5.33. The molecule has 0 saturated heterocycles. The van der Waals surface area contributed by atoms with Crippen molar-refractivity contribution in [3.05, 3.63) is 29.3 Å². The summed E-state index contributed by atoms with van der Waals surface area (Å²) in [6.45, 7) is 1.60. The molecule has 0 fully saturated rings. The predicted octanol–water partition coefficient (Wildman–Crippen LogP) is 2.26. The molecule has 0 unspecified atom stereocenters. The second kappa shape index (κ2) is 3.49. The maximum atomic E-state index is 12.2. The van der Waals surface area contributed by atoms with E-state index in [2.05, 4.69) is 0 Å². The number of hydrogen-bond donors (Lipinski definition) is 2. The standard InChI is InChI=1S/C9H10F3NO/c1-5-2-3-6(4-7(5)14)8(13)9(10,11)12/h2-4,8,14H,13H2,1H3/t8-/m0/s1. The van der Waals surface area contributed by atoms with Crippen LogP contribution in [0.5, 0.6) is 5.75 Å². The summed E-state index contributed by atoms with van der Waals surface area (Å²) >= 11 is 0. The smallest absolute Gasteiger partial charge is 0.407 e. The third kappa shape index (κ3) is 2.17. The van der Waals surface area contributed by atoms with E-state index in [1.165, 1.54) is 12.1 Å². The molecular weight excluding hydrogens is 195 g/mol. The van der Waals surface area contributed by atoms with E-state index in [0.717, 1.165) is 6.07 Å². The molecule has 0 aromatic heterocycles. The number of phenolic OH excluding ortho intramolecular Hbond substituents is 1. The highest BCUT2D eigenvalue weighted by Gasteiger charge is 2.37. The molecule has 0 spiro atoms. The number of benzene rings is 1. The zero-order chi connectivity index (χ0) is 10.9. The maximum Gasteiger partial charge on any atom is 0.407 e. The van der Waals surface area contributed by atoms with Gasteiger partial charge in [0.25, 0.3) is 0 Å². The van der Waals surface area contributed by atoms with Crippen molar-refractivity contribution in [1.29, 1.82) is 0 Å². The lowest BCUT2D eigenvalue weighted by atomic mass is 10.0. The first-order valence-corrected chi connectivity index (χ1v) is 3.94. The minimum Gasteiger partial charge on any atom is -0.508 e. The number of nitrogens with two attached hydrogens (primary N) is 1. The molecule has 0 heterocycles. The molecule has 0 aliphatic carbocycles. The van der Waals surface area contributed by atoms with Crippen molar-refractivity contribution in [2.45, 2.75) is 19.1 Å². The number of halogens is 3. The van der Waals surface area contributed by atoms with Crippen molar-refractivity contribution < 1.29 is 18.3 Å². The van der Waals surface area contributed by atoms with Crippen LogP contribution in [0.25, 0.3) is 0 Å². The molecule has 78 valence electrons. The molecule has 1 rings (SSSR count). The molecule has 0 bridgehead atoms. The van der Waals surface area contributed by atoms with Gasteiger partial charge in [-0.2, -0.15) is 13.2 Å². The summed E-state index contributed by atoms with van der Waals surface area (Å²) < 4.78 is 36.5. The van der Waals surface area contributed by atoms with Gasteiger partial charge in [0, 0.05) is 0 Å². The number of aromatic hydroxyl groups is 1. The molecule has 0 aliphatic rings. The minimum absolute atomic E-state index is 0.138. The Balaban J connectivity index is 3.03. The van der Waals surface area contributed by atoms with E-state index >= 15 is 0 Å². The number of hydrogen-bond acceptors (Lipinski definition) is 2. The Morgan fingerprint density at radius 2 is 1.93 bits per heavy atom. The van der Waals surface area contributed by atoms with E-state index in [1.54, 1.807) is 6.92 Å². The summed E-state index contributed by atoms with van der Waals surface area (Å²) in [6.07, 6.45) is -4.48. The molecule has 5 heteroatoms. The van der Waals surface area contributed by atoms with Gasteiger partial charge in [0.2, 0.25) is 0 Å². The molecule has 1 aromatic carbocycles. The molecular formula is C9H10F3NO. The lowest BCUT2D eigenvalue weighted by molar-refractivity contribution is -0.149. The van der Waals surface area contributed by atoms with Crippen LogP contribution < -0.4 is 5.73 Å². The highest BCUT2D eigenvalue weighted by molar-refractivity contribution is 5.36. The number of phenols is 1. The van der Waals surface area contributed by atoms with Crippen molar-refractivity contribution >= 4 is 0 Å². The van der Waals surface area contributed by atoms with Gasteiger partial charge in [-0.15, -0.1) is 0 Å². The monoisotopic (exact) mass is 205 g/mol. The quantitative estimate of drug-likeness (QED) is 0.738. The van der Waals surface area contributed by atoms with E-state index in [9.17, 15) is 18.3 Å². The Labute approximate surface area is 79.2 Å². The molecule has 1 aromatic rings. The van der Waals surface area contributed by atoms with Crippen LogP contribution in [0.1, 0.15) is 17.2 Å². The van der Waals surface area contributed by atoms with Crippen molar-refractivity contribution in [3.8, 4) is 5.75 Å². The zero-order valence-corrected chi connectivity index (χ0v) is 7.47. The van der Waals surface area contributed by atoms with Gasteiger partial charge in [0.05, 0.1) is 0 Å². The molecule has 14 heavy (non-hydrogen) atoms. The van der Waals surface area contributed by atoms with Crippen LogP contribution in [0.4, 0.5) is 13.2 Å². The fraction of sp³-hybridized carbons (Fsp3) is 0.333. The predicted molar refractivity (Wildman–Crippen MR) is 45.8 cm³/mol. The Hall–Kier alpha value is -1.23. The third-order valence-corrected chi connectivity index (χ3v) is 1.94. The number of rotatable bonds is 1. The van der Waals surface area contributed by atoms with Gasteiger partial charge in [-0.25, -0.2) is 0 Å². The van der Waals surface area contributed by atoms with Crippen LogP contribution in [0.2, 0.25) is 0 Å². The Morgan fingerprint density at radius 3 is 2.36 bits per heavy atom. The fourth-order valence-electron chi connectivity index (χ4n) is 1.01. The largest absolute Gasteiger partial charge is 0.508 e. The third-order valence-electron chi connectivity index (χ3n) is 1.94. The first-order valence-electron chi connectivity index (χ1n) is 3.94. The SMILES string of the molecule is Cc1ccc([C@H](N)C(F)(F)F)cc1O. The summed E-state index contributed by atoms with van der Waals surface area (Å²) in [5, 5.41) is 9.19. The normalized spacial score (nSPS) is 14.1. The van der Waals surface area contributed by atoms with Gasteiger partial charge >= 0.3 is 6.18 Å². The Kier molecular flexibility index (Phi) is 2.71. The zero-order valence-electron chi connectivity index (χ0n) is 7.47. The van der Waals surface area contributed by atoms with Gasteiger partial charge in [0.15, 0.2) is 0 Å². The van der Waals surface area contributed by atoms with Crippen molar-refractivity contribution in [1.82, 2.24) is 0 Å². The lowest BCUT2D eigenvalue weighted by Crippen LogP contribution is -2.28. The number of alkyl halides is 3. The lowest BCUT2D eigenvalue weighted by Gasteiger charge is -2.16. The molecule has 0 radical (unpaired) electrons. The summed E-state index contributed by atoms with van der Waals surface area (Å²) in [7, 11) is 0. The van der Waals surface area contributed by atoms with Gasteiger partial charge in [-0.1, -0.05) is 12.1 Å². The van der Waals surface area contributed by atoms with Crippen LogP contribution in [-0.2, 0) is 0 Å². The highest BCUT2D eigenvalue weighted by Crippen LogP contribution is 2.32. The van der Waals surface area contributed by atoms with E-state index in [1.807, 2.05) is 0 Å². The Bertz CT molecular complexity index is 335. The minimum atomic E-state index is -4.48. The van der Waals surface area contributed by atoms with E-state index in [0.29, 0.717) is 5.56 Å². The van der Waals surface area contributed by atoms with Gasteiger partial charge in [-0.3, -0.25) is 0 Å².